The van der Waals surface area contributed by atoms with Gasteiger partial charge in [0.2, 0.25) is 0 Å². The second-order valence-electron chi connectivity index (χ2n) is 5.42. The third-order valence-electron chi connectivity index (χ3n) is 3.41. The van der Waals surface area contributed by atoms with Crippen LogP contribution in [-0.2, 0) is 4.79 Å². The van der Waals surface area contributed by atoms with Gasteiger partial charge in [0.15, 0.2) is 5.12 Å². The smallest absolute Gasteiger partial charge is 0.251 e. The fourth-order valence-electron chi connectivity index (χ4n) is 2.00. The summed E-state index contributed by atoms with van der Waals surface area (Å²) in [7, 11) is 0. The molecule has 0 saturated heterocycles. The summed E-state index contributed by atoms with van der Waals surface area (Å²) < 4.78 is 0. The fourth-order valence-corrected chi connectivity index (χ4v) is 2.35. The minimum Gasteiger partial charge on any atom is -0.352 e. The molecule has 0 atom stereocenters. The molecule has 0 aliphatic carbocycles. The normalized spacial score (nSPS) is 10.7. The topological polar surface area (TPSA) is 46.2 Å². The Balaban J connectivity index is 2.23. The second-order valence-corrected chi connectivity index (χ2v) is 6.28. The van der Waals surface area contributed by atoms with Crippen molar-refractivity contribution >= 4 is 22.8 Å². The van der Waals surface area contributed by atoms with E-state index in [9.17, 15) is 9.59 Å². The molecule has 4 heteroatoms. The highest BCUT2D eigenvalue weighted by Gasteiger charge is 2.06. The van der Waals surface area contributed by atoms with Crippen molar-refractivity contribution in [3.8, 4) is 0 Å². The summed E-state index contributed by atoms with van der Waals surface area (Å²) in [6.07, 6.45) is 5.23. The van der Waals surface area contributed by atoms with Crippen molar-refractivity contribution in [3.05, 3.63) is 35.4 Å². The first-order valence-corrected chi connectivity index (χ1v) is 8.72. The van der Waals surface area contributed by atoms with Crippen molar-refractivity contribution in [2.24, 2.45) is 0 Å². The van der Waals surface area contributed by atoms with Gasteiger partial charge in [0, 0.05) is 18.5 Å². The van der Waals surface area contributed by atoms with E-state index in [1.807, 2.05) is 30.5 Å². The van der Waals surface area contributed by atoms with E-state index in [1.54, 1.807) is 0 Å². The molecule has 0 aliphatic rings. The van der Waals surface area contributed by atoms with Crippen LogP contribution in [-0.4, -0.2) is 23.8 Å². The van der Waals surface area contributed by atoms with Gasteiger partial charge in [-0.3, -0.25) is 9.59 Å². The molecule has 1 amide bonds. The number of hydrogen-bond donors (Lipinski definition) is 1. The molecule has 1 aromatic carbocycles. The number of nitrogens with one attached hydrogen (secondary N) is 1. The Hall–Kier alpha value is -1.29. The number of rotatable bonds is 8. The van der Waals surface area contributed by atoms with Crippen molar-refractivity contribution < 1.29 is 9.59 Å². The molecule has 116 valence electrons. The summed E-state index contributed by atoms with van der Waals surface area (Å²) in [4.78, 5) is 23.1. The van der Waals surface area contributed by atoms with Crippen LogP contribution in [0.25, 0.3) is 0 Å². The number of thioether (sulfide) groups is 1. The molecular weight excluding hydrogens is 282 g/mol. The highest BCUT2D eigenvalue weighted by Crippen LogP contribution is 2.14. The molecule has 0 aromatic heterocycles. The fraction of sp³-hybridized carbons (Fsp3) is 0.529. The van der Waals surface area contributed by atoms with E-state index in [-0.39, 0.29) is 11.0 Å². The van der Waals surface area contributed by atoms with Crippen LogP contribution in [0.5, 0.6) is 0 Å². The summed E-state index contributed by atoms with van der Waals surface area (Å²) in [5, 5.41) is 3.16. The van der Waals surface area contributed by atoms with Crippen molar-refractivity contribution in [3.63, 3.8) is 0 Å². The molecular formula is C17H25NO2S. The first-order valence-electron chi connectivity index (χ1n) is 7.49. The SMILES string of the molecule is CSC(=O)CCCCCNC(=O)c1ccc(C(C)C)cc1. The lowest BCUT2D eigenvalue weighted by atomic mass is 10.0. The van der Waals surface area contributed by atoms with E-state index >= 15 is 0 Å². The van der Waals surface area contributed by atoms with Gasteiger partial charge in [0.25, 0.3) is 5.91 Å². The Bertz CT molecular complexity index is 454. The Labute approximate surface area is 131 Å². The predicted molar refractivity (Wildman–Crippen MR) is 89.9 cm³/mol. The maximum Gasteiger partial charge on any atom is 0.251 e. The number of carbonyl (C=O) groups is 2. The Morgan fingerprint density at radius 1 is 1.10 bits per heavy atom. The van der Waals surface area contributed by atoms with Gasteiger partial charge in [-0.15, -0.1) is 0 Å². The first kappa shape index (κ1) is 17.8. The highest BCUT2D eigenvalue weighted by molar-refractivity contribution is 8.13. The first-order chi connectivity index (χ1) is 10.0. The zero-order valence-electron chi connectivity index (χ0n) is 13.1. The van der Waals surface area contributed by atoms with Gasteiger partial charge < -0.3 is 5.32 Å². The Kier molecular flexibility index (Phi) is 8.13. The van der Waals surface area contributed by atoms with Crippen molar-refractivity contribution in [2.45, 2.75) is 45.4 Å². The molecule has 0 saturated carbocycles. The van der Waals surface area contributed by atoms with Gasteiger partial charge in [0.05, 0.1) is 0 Å². The molecule has 0 bridgehead atoms. The summed E-state index contributed by atoms with van der Waals surface area (Å²) in [5.41, 5.74) is 1.95. The quantitative estimate of drug-likeness (QED) is 0.739. The zero-order valence-corrected chi connectivity index (χ0v) is 14.0. The third kappa shape index (κ3) is 6.80. The number of benzene rings is 1. The van der Waals surface area contributed by atoms with Crippen LogP contribution >= 0.6 is 11.8 Å². The van der Waals surface area contributed by atoms with E-state index in [4.69, 9.17) is 0 Å². The summed E-state index contributed by atoms with van der Waals surface area (Å²) in [6, 6.07) is 7.77. The van der Waals surface area contributed by atoms with Crippen LogP contribution in [0.1, 0.15) is 61.4 Å². The monoisotopic (exact) mass is 307 g/mol. The van der Waals surface area contributed by atoms with Gasteiger partial charge in [-0.2, -0.15) is 0 Å². The maximum atomic E-state index is 11.9. The molecule has 0 radical (unpaired) electrons. The highest BCUT2D eigenvalue weighted by atomic mass is 32.2. The van der Waals surface area contributed by atoms with E-state index < -0.39 is 0 Å². The van der Waals surface area contributed by atoms with Crippen LogP contribution in [0.3, 0.4) is 0 Å². The third-order valence-corrected chi connectivity index (χ3v) is 4.07. The molecule has 0 fully saturated rings. The molecule has 1 aromatic rings. The van der Waals surface area contributed by atoms with Gasteiger partial charge in [-0.1, -0.05) is 44.2 Å². The molecule has 1 rings (SSSR count). The maximum absolute atomic E-state index is 11.9. The minimum absolute atomic E-state index is 0.0227. The predicted octanol–water partition coefficient (Wildman–Crippen LogP) is 3.99. The second kappa shape index (κ2) is 9.61. The van der Waals surface area contributed by atoms with Gasteiger partial charge in [-0.25, -0.2) is 0 Å². The minimum atomic E-state index is -0.0227. The van der Waals surface area contributed by atoms with Gasteiger partial charge >= 0.3 is 0 Å². The molecule has 0 heterocycles. The zero-order chi connectivity index (χ0) is 15.7. The molecule has 21 heavy (non-hydrogen) atoms. The van der Waals surface area contributed by atoms with E-state index in [1.165, 1.54) is 17.3 Å². The Morgan fingerprint density at radius 3 is 2.33 bits per heavy atom. The van der Waals surface area contributed by atoms with Gasteiger partial charge in [0.1, 0.15) is 0 Å². The molecule has 0 aliphatic heterocycles. The van der Waals surface area contributed by atoms with Crippen molar-refractivity contribution in [1.29, 1.82) is 0 Å². The van der Waals surface area contributed by atoms with Gasteiger partial charge in [-0.05, 0) is 42.7 Å². The van der Waals surface area contributed by atoms with Crippen LogP contribution in [0.2, 0.25) is 0 Å². The summed E-state index contributed by atoms with van der Waals surface area (Å²) in [5.74, 6) is 0.455. The van der Waals surface area contributed by atoms with Crippen molar-refractivity contribution in [1.82, 2.24) is 5.32 Å². The lowest BCUT2D eigenvalue weighted by Gasteiger charge is -2.08. The standard InChI is InChI=1S/C17H25NO2S/c1-13(2)14-8-10-15(11-9-14)17(20)18-12-6-4-5-7-16(19)21-3/h8-11,13H,4-7,12H2,1-3H3,(H,18,20). The average Bonchev–Trinajstić information content (AvgIpc) is 2.50. The molecule has 1 N–H and O–H groups in total. The van der Waals surface area contributed by atoms with Crippen LogP contribution in [0, 0.1) is 0 Å². The molecule has 0 unspecified atom stereocenters. The van der Waals surface area contributed by atoms with Crippen LogP contribution in [0.4, 0.5) is 0 Å². The molecule has 3 nitrogen and oxygen atoms in total. The summed E-state index contributed by atoms with van der Waals surface area (Å²) >= 11 is 1.29. The summed E-state index contributed by atoms with van der Waals surface area (Å²) in [6.45, 7) is 4.94. The van der Waals surface area contributed by atoms with E-state index in [0.29, 0.717) is 24.4 Å². The average molecular weight is 307 g/mol. The van der Waals surface area contributed by atoms with Crippen molar-refractivity contribution in [2.75, 3.05) is 12.8 Å². The van der Waals surface area contributed by atoms with Crippen LogP contribution < -0.4 is 5.32 Å². The molecule has 0 spiro atoms. The van der Waals surface area contributed by atoms with E-state index in [2.05, 4.69) is 19.2 Å². The lowest BCUT2D eigenvalue weighted by Crippen LogP contribution is -2.24. The number of carbonyl (C=O) groups excluding carboxylic acids is 2. The van der Waals surface area contributed by atoms with Crippen LogP contribution in [0.15, 0.2) is 24.3 Å². The number of amides is 1. The van der Waals surface area contributed by atoms with E-state index in [0.717, 1.165) is 19.3 Å². The lowest BCUT2D eigenvalue weighted by molar-refractivity contribution is -0.111. The largest absolute Gasteiger partial charge is 0.352 e. The number of unbranched alkanes of at least 4 members (excludes halogenated alkanes) is 2. The Morgan fingerprint density at radius 2 is 1.76 bits per heavy atom. The number of hydrogen-bond acceptors (Lipinski definition) is 3.